The normalized spacial score (nSPS) is 15.5. The molecule has 34 heavy (non-hydrogen) atoms. The summed E-state index contributed by atoms with van der Waals surface area (Å²) in [6.45, 7) is 5.41. The third kappa shape index (κ3) is 4.19. The summed E-state index contributed by atoms with van der Waals surface area (Å²) >= 11 is 0. The molecular weight excluding hydrogens is 437 g/mol. The largest absolute Gasteiger partial charge is 0.494 e. The van der Waals surface area contributed by atoms with E-state index in [1.807, 2.05) is 31.2 Å². The van der Waals surface area contributed by atoms with Crippen molar-refractivity contribution >= 4 is 34.7 Å². The molecule has 10 heteroatoms. The minimum absolute atomic E-state index is 0.153. The van der Waals surface area contributed by atoms with Crippen molar-refractivity contribution in [3.05, 3.63) is 47.9 Å². The lowest BCUT2D eigenvalue weighted by Crippen LogP contribution is -2.44. The van der Waals surface area contributed by atoms with E-state index in [-0.39, 0.29) is 17.7 Å². The monoisotopic (exact) mass is 463 g/mol. The number of nitrogens with one attached hydrogen (secondary N) is 3. The summed E-state index contributed by atoms with van der Waals surface area (Å²) in [7, 11) is 3.58. The van der Waals surface area contributed by atoms with E-state index >= 15 is 4.39 Å². The molecule has 2 aliphatic rings. The number of hydrogen-bond donors (Lipinski definition) is 3. The van der Waals surface area contributed by atoms with Crippen molar-refractivity contribution in [3.63, 3.8) is 0 Å². The number of fused-ring (bicyclic) bond motifs is 3. The standard InChI is InChI=1S/C24H26FN7O2/c1-14-4-5-16-18(10-14)27-24(33)28-19-13-26-23(29-21(16)19)30-22-17(25)11-15(12-20(22)34-3)32-8-6-31(2)7-9-32/h4-5,10-13H,6-9H2,1-3H3,(H,26,29,30)(H2,27,28,33). The van der Waals surface area contributed by atoms with E-state index in [9.17, 15) is 4.79 Å². The first-order chi connectivity index (χ1) is 16.4. The van der Waals surface area contributed by atoms with Gasteiger partial charge < -0.3 is 30.5 Å². The summed E-state index contributed by atoms with van der Waals surface area (Å²) in [5.74, 6) is 0.0854. The summed E-state index contributed by atoms with van der Waals surface area (Å²) in [5, 5.41) is 8.54. The van der Waals surface area contributed by atoms with Crippen LogP contribution in [0.1, 0.15) is 5.56 Å². The Labute approximate surface area is 197 Å². The second-order valence-electron chi connectivity index (χ2n) is 8.50. The fourth-order valence-electron chi connectivity index (χ4n) is 4.19. The molecule has 3 heterocycles. The first-order valence-electron chi connectivity index (χ1n) is 11.1. The molecule has 9 nitrogen and oxygen atoms in total. The minimum Gasteiger partial charge on any atom is -0.494 e. The lowest BCUT2D eigenvalue weighted by molar-refractivity contribution is 0.262. The number of urea groups is 1. The molecule has 0 bridgehead atoms. The van der Waals surface area contributed by atoms with Crippen LogP contribution in [0.2, 0.25) is 0 Å². The summed E-state index contributed by atoms with van der Waals surface area (Å²) in [6, 6.07) is 8.65. The van der Waals surface area contributed by atoms with Gasteiger partial charge in [0.15, 0.2) is 5.82 Å². The molecule has 5 rings (SSSR count). The Kier molecular flexibility index (Phi) is 5.66. The van der Waals surface area contributed by atoms with E-state index in [2.05, 4.69) is 42.8 Å². The van der Waals surface area contributed by atoms with E-state index in [4.69, 9.17) is 4.74 Å². The Morgan fingerprint density at radius 2 is 1.85 bits per heavy atom. The number of aryl methyl sites for hydroxylation is 1. The van der Waals surface area contributed by atoms with Crippen LogP contribution < -0.4 is 25.6 Å². The second-order valence-corrected chi connectivity index (χ2v) is 8.50. The van der Waals surface area contributed by atoms with Gasteiger partial charge in [-0.25, -0.2) is 19.2 Å². The summed E-state index contributed by atoms with van der Waals surface area (Å²) in [6.07, 6.45) is 1.50. The number of piperazine rings is 1. The predicted molar refractivity (Wildman–Crippen MR) is 131 cm³/mol. The van der Waals surface area contributed by atoms with Gasteiger partial charge in [-0.15, -0.1) is 0 Å². The number of carbonyl (C=O) groups is 1. The number of methoxy groups -OCH3 is 1. The van der Waals surface area contributed by atoms with Gasteiger partial charge in [0.05, 0.1) is 24.7 Å². The smallest absolute Gasteiger partial charge is 0.323 e. The van der Waals surface area contributed by atoms with Gasteiger partial charge in [-0.2, -0.15) is 0 Å². The molecule has 2 aliphatic heterocycles. The molecule has 1 fully saturated rings. The maximum absolute atomic E-state index is 15.3. The topological polar surface area (TPSA) is 94.7 Å². The third-order valence-corrected chi connectivity index (χ3v) is 6.08. The van der Waals surface area contributed by atoms with Crippen LogP contribution in [0.4, 0.5) is 37.9 Å². The highest BCUT2D eigenvalue weighted by atomic mass is 19.1. The number of carbonyl (C=O) groups excluding carboxylic acids is 1. The summed E-state index contributed by atoms with van der Waals surface area (Å²) in [5.41, 5.74) is 4.29. The van der Waals surface area contributed by atoms with Crippen molar-refractivity contribution in [2.45, 2.75) is 6.92 Å². The second kappa shape index (κ2) is 8.79. The zero-order chi connectivity index (χ0) is 23.8. The predicted octanol–water partition coefficient (Wildman–Crippen LogP) is 4.05. The third-order valence-electron chi connectivity index (χ3n) is 6.08. The Bertz CT molecular complexity index is 1260. The van der Waals surface area contributed by atoms with E-state index in [1.165, 1.54) is 19.4 Å². The highest BCUT2D eigenvalue weighted by Gasteiger charge is 2.23. The van der Waals surface area contributed by atoms with E-state index < -0.39 is 5.82 Å². The molecule has 0 radical (unpaired) electrons. The molecule has 0 spiro atoms. The van der Waals surface area contributed by atoms with Crippen LogP contribution in [-0.2, 0) is 0 Å². The average molecular weight is 464 g/mol. The van der Waals surface area contributed by atoms with Crippen molar-refractivity contribution in [2.24, 2.45) is 0 Å². The van der Waals surface area contributed by atoms with Crippen molar-refractivity contribution in [1.82, 2.24) is 14.9 Å². The number of amides is 2. The van der Waals surface area contributed by atoms with Crippen LogP contribution in [0.15, 0.2) is 36.5 Å². The molecule has 3 aromatic rings. The van der Waals surface area contributed by atoms with Crippen LogP contribution in [0, 0.1) is 12.7 Å². The number of aromatic nitrogens is 2. The van der Waals surface area contributed by atoms with Crippen LogP contribution >= 0.6 is 0 Å². The lowest BCUT2D eigenvalue weighted by atomic mass is 10.1. The molecule has 3 N–H and O–H groups in total. The Balaban J connectivity index is 1.49. The van der Waals surface area contributed by atoms with Crippen molar-refractivity contribution in [1.29, 1.82) is 0 Å². The number of hydrogen-bond acceptors (Lipinski definition) is 7. The van der Waals surface area contributed by atoms with Crippen LogP contribution in [-0.4, -0.2) is 61.2 Å². The van der Waals surface area contributed by atoms with Gasteiger partial charge in [0.1, 0.15) is 17.1 Å². The van der Waals surface area contributed by atoms with Crippen LogP contribution in [0.5, 0.6) is 5.75 Å². The van der Waals surface area contributed by atoms with Gasteiger partial charge in [0.2, 0.25) is 5.95 Å². The van der Waals surface area contributed by atoms with Gasteiger partial charge in [-0.1, -0.05) is 12.1 Å². The van der Waals surface area contributed by atoms with Crippen LogP contribution in [0.3, 0.4) is 0 Å². The lowest BCUT2D eigenvalue weighted by Gasteiger charge is -2.34. The van der Waals surface area contributed by atoms with E-state index in [1.54, 1.807) is 0 Å². The van der Waals surface area contributed by atoms with Crippen molar-refractivity contribution in [3.8, 4) is 17.0 Å². The van der Waals surface area contributed by atoms with Gasteiger partial charge in [0.25, 0.3) is 0 Å². The highest BCUT2D eigenvalue weighted by molar-refractivity contribution is 6.07. The van der Waals surface area contributed by atoms with Gasteiger partial charge in [0, 0.05) is 43.5 Å². The van der Waals surface area contributed by atoms with Crippen molar-refractivity contribution in [2.75, 3.05) is 61.2 Å². The number of rotatable bonds is 4. The zero-order valence-electron chi connectivity index (χ0n) is 19.3. The zero-order valence-corrected chi connectivity index (χ0v) is 19.3. The van der Waals surface area contributed by atoms with Gasteiger partial charge in [-0.05, 0) is 31.7 Å². The molecule has 176 valence electrons. The van der Waals surface area contributed by atoms with E-state index in [0.717, 1.165) is 43.0 Å². The molecule has 2 amide bonds. The number of likely N-dealkylation sites (N-methyl/N-ethyl adjacent to an activating group) is 1. The first kappa shape index (κ1) is 21.9. The molecule has 0 unspecified atom stereocenters. The molecule has 0 saturated carbocycles. The van der Waals surface area contributed by atoms with Gasteiger partial charge >= 0.3 is 6.03 Å². The maximum atomic E-state index is 15.3. The molecule has 0 atom stereocenters. The fourth-order valence-corrected chi connectivity index (χ4v) is 4.19. The Morgan fingerprint density at radius 1 is 1.09 bits per heavy atom. The molecule has 1 saturated heterocycles. The number of anilines is 5. The van der Waals surface area contributed by atoms with Crippen LogP contribution in [0.25, 0.3) is 11.3 Å². The SMILES string of the molecule is COc1cc(N2CCN(C)CC2)cc(F)c1Nc1ncc2c(n1)-c1ccc(C)cc1NC(=O)N2. The quantitative estimate of drug-likeness (QED) is 0.537. The Morgan fingerprint density at radius 3 is 2.62 bits per heavy atom. The minimum atomic E-state index is -0.460. The number of benzene rings is 2. The summed E-state index contributed by atoms with van der Waals surface area (Å²) < 4.78 is 20.8. The summed E-state index contributed by atoms with van der Waals surface area (Å²) in [4.78, 5) is 25.5. The van der Waals surface area contributed by atoms with Gasteiger partial charge in [-0.3, -0.25) is 0 Å². The Hall–Kier alpha value is -3.92. The molecule has 2 aromatic carbocycles. The van der Waals surface area contributed by atoms with Crippen molar-refractivity contribution < 1.29 is 13.9 Å². The molecular formula is C24H26FN7O2. The molecule has 0 aliphatic carbocycles. The first-order valence-corrected chi connectivity index (χ1v) is 11.1. The number of nitrogens with zero attached hydrogens (tertiary/aromatic N) is 4. The highest BCUT2D eigenvalue weighted by Crippen LogP contribution is 2.38. The maximum Gasteiger partial charge on any atom is 0.323 e. The fraction of sp³-hybridized carbons (Fsp3) is 0.292. The number of ether oxygens (including phenoxy) is 1. The number of halogens is 1. The van der Waals surface area contributed by atoms with E-state index in [0.29, 0.717) is 22.8 Å². The average Bonchev–Trinajstić information content (AvgIpc) is 2.95. The molecule has 1 aromatic heterocycles.